The van der Waals surface area contributed by atoms with Gasteiger partial charge < -0.3 is 20.4 Å². The maximum atomic E-state index is 10.9. The predicted octanol–water partition coefficient (Wildman–Crippen LogP) is -2.78. The van der Waals surface area contributed by atoms with Crippen LogP contribution in [0.1, 0.15) is 6.92 Å². The number of aliphatic hydroxyl groups excluding tert-OH is 4. The van der Waals surface area contributed by atoms with Crippen LogP contribution in [0.2, 0.25) is 0 Å². The van der Waals surface area contributed by atoms with E-state index in [2.05, 4.69) is 0 Å². The molecular formula is C7H12O6. The topological polar surface area (TPSA) is 115 Å². The number of aliphatic hydroxyl groups is 4. The Kier molecular flexibility index (Phi) is 4.71. The number of Topliss-reactive ketones (excluding diaryl/α,β-unsaturated/α-hetero) is 2. The van der Waals surface area contributed by atoms with E-state index in [1.807, 2.05) is 0 Å². The summed E-state index contributed by atoms with van der Waals surface area (Å²) < 4.78 is 0. The summed E-state index contributed by atoms with van der Waals surface area (Å²) in [5.74, 6) is -2.62. The lowest BCUT2D eigenvalue weighted by Crippen LogP contribution is -2.42. The molecule has 0 aromatic heterocycles. The van der Waals surface area contributed by atoms with Crippen molar-refractivity contribution in [3.8, 4) is 0 Å². The third-order valence-electron chi connectivity index (χ3n) is 1.44. The monoisotopic (exact) mass is 192 g/mol. The minimum Gasteiger partial charge on any atom is -0.393 e. The average molecular weight is 192 g/mol. The Labute approximate surface area is 74.4 Å². The van der Waals surface area contributed by atoms with Gasteiger partial charge >= 0.3 is 0 Å². The molecule has 0 amide bonds. The van der Waals surface area contributed by atoms with Crippen molar-refractivity contribution in [1.29, 1.82) is 0 Å². The Morgan fingerprint density at radius 1 is 1.15 bits per heavy atom. The second kappa shape index (κ2) is 5.03. The van der Waals surface area contributed by atoms with Crippen LogP contribution < -0.4 is 0 Å². The number of carbonyl (C=O) groups excluding carboxylic acids is 2. The molecular weight excluding hydrogens is 180 g/mol. The Hall–Kier alpha value is -0.820. The Morgan fingerprint density at radius 2 is 1.62 bits per heavy atom. The molecule has 0 aliphatic carbocycles. The summed E-state index contributed by atoms with van der Waals surface area (Å²) in [6.45, 7) is 0.234. The maximum absolute atomic E-state index is 10.9. The van der Waals surface area contributed by atoms with Crippen molar-refractivity contribution in [1.82, 2.24) is 0 Å². The highest BCUT2D eigenvalue weighted by Crippen LogP contribution is 1.97. The van der Waals surface area contributed by atoms with Crippen LogP contribution in [-0.4, -0.2) is 56.9 Å². The van der Waals surface area contributed by atoms with Crippen LogP contribution in [-0.2, 0) is 9.59 Å². The van der Waals surface area contributed by atoms with Crippen LogP contribution in [0.3, 0.4) is 0 Å². The van der Waals surface area contributed by atoms with Gasteiger partial charge in [0.05, 0.1) is 12.7 Å². The van der Waals surface area contributed by atoms with Gasteiger partial charge in [0, 0.05) is 0 Å². The van der Waals surface area contributed by atoms with Crippen LogP contribution in [0, 0.1) is 0 Å². The zero-order chi connectivity index (χ0) is 10.6. The van der Waals surface area contributed by atoms with Crippen molar-refractivity contribution in [2.24, 2.45) is 0 Å². The molecule has 13 heavy (non-hydrogen) atoms. The molecule has 76 valence electrons. The molecule has 3 atom stereocenters. The first-order chi connectivity index (χ1) is 5.91. The highest BCUT2D eigenvalue weighted by molar-refractivity contribution is 6.40. The van der Waals surface area contributed by atoms with E-state index in [1.165, 1.54) is 0 Å². The summed E-state index contributed by atoms with van der Waals surface area (Å²) in [6, 6.07) is 0. The minimum absolute atomic E-state index is 0.892. The van der Waals surface area contributed by atoms with Crippen molar-refractivity contribution < 1.29 is 30.0 Å². The molecule has 0 saturated heterocycles. The van der Waals surface area contributed by atoms with Gasteiger partial charge in [-0.25, -0.2) is 0 Å². The number of rotatable bonds is 5. The normalized spacial score (nSPS) is 17.6. The van der Waals surface area contributed by atoms with Gasteiger partial charge in [-0.15, -0.1) is 0 Å². The van der Waals surface area contributed by atoms with Crippen LogP contribution in [0.15, 0.2) is 0 Å². The van der Waals surface area contributed by atoms with Crippen molar-refractivity contribution in [2.45, 2.75) is 25.2 Å². The third-order valence-corrected chi connectivity index (χ3v) is 1.44. The highest BCUT2D eigenvalue weighted by Gasteiger charge is 2.30. The average Bonchev–Trinajstić information content (AvgIpc) is 2.12. The van der Waals surface area contributed by atoms with Crippen LogP contribution >= 0.6 is 0 Å². The zero-order valence-corrected chi connectivity index (χ0v) is 7.04. The van der Waals surface area contributed by atoms with E-state index >= 15 is 0 Å². The highest BCUT2D eigenvalue weighted by atomic mass is 16.3. The number of hydrogen-bond acceptors (Lipinski definition) is 6. The number of carbonyl (C=O) groups is 2. The molecule has 4 N–H and O–H groups in total. The molecule has 0 aliphatic heterocycles. The summed E-state index contributed by atoms with van der Waals surface area (Å²) in [5, 5.41) is 34.6. The molecule has 0 rings (SSSR count). The lowest BCUT2D eigenvalue weighted by Gasteiger charge is -2.12. The first-order valence-electron chi connectivity index (χ1n) is 3.65. The molecule has 0 saturated carbocycles. The summed E-state index contributed by atoms with van der Waals surface area (Å²) in [5.41, 5.74) is 0. The molecule has 6 heteroatoms. The van der Waals surface area contributed by atoms with Crippen molar-refractivity contribution >= 4 is 11.6 Å². The van der Waals surface area contributed by atoms with Gasteiger partial charge in [0.25, 0.3) is 0 Å². The van der Waals surface area contributed by atoms with Gasteiger partial charge in [-0.2, -0.15) is 0 Å². The van der Waals surface area contributed by atoms with Crippen LogP contribution in [0.25, 0.3) is 0 Å². The molecule has 0 bridgehead atoms. The first kappa shape index (κ1) is 12.2. The number of hydrogen-bond donors (Lipinski definition) is 4. The quantitative estimate of drug-likeness (QED) is 0.350. The lowest BCUT2D eigenvalue weighted by molar-refractivity contribution is -0.150. The summed E-state index contributed by atoms with van der Waals surface area (Å²) in [4.78, 5) is 21.6. The van der Waals surface area contributed by atoms with Gasteiger partial charge in [0.1, 0.15) is 12.2 Å². The van der Waals surface area contributed by atoms with E-state index in [1.54, 1.807) is 0 Å². The maximum Gasteiger partial charge on any atom is 0.232 e. The summed E-state index contributed by atoms with van der Waals surface area (Å²) in [6.07, 6.45) is -5.07. The van der Waals surface area contributed by atoms with Gasteiger partial charge in [-0.05, 0) is 6.92 Å². The van der Waals surface area contributed by atoms with E-state index in [0.717, 1.165) is 6.92 Å². The van der Waals surface area contributed by atoms with Gasteiger partial charge in [0.15, 0.2) is 0 Å². The van der Waals surface area contributed by atoms with Crippen LogP contribution in [0.4, 0.5) is 0 Å². The van der Waals surface area contributed by atoms with E-state index in [-0.39, 0.29) is 0 Å². The SMILES string of the molecule is CC(O)C(O)C(=O)C(=O)C(O)CO. The molecule has 3 unspecified atom stereocenters. The zero-order valence-electron chi connectivity index (χ0n) is 7.04. The standard InChI is InChI=1S/C7H12O6/c1-3(9)5(11)7(13)6(12)4(10)2-8/h3-5,8-11H,2H2,1H3. The predicted molar refractivity (Wildman–Crippen MR) is 40.8 cm³/mol. The Morgan fingerprint density at radius 3 is 1.92 bits per heavy atom. The van der Waals surface area contributed by atoms with E-state index < -0.39 is 36.5 Å². The van der Waals surface area contributed by atoms with Crippen molar-refractivity contribution in [3.63, 3.8) is 0 Å². The number of ketones is 2. The van der Waals surface area contributed by atoms with E-state index in [0.29, 0.717) is 0 Å². The van der Waals surface area contributed by atoms with Gasteiger partial charge in [-0.3, -0.25) is 9.59 Å². The minimum atomic E-state index is -1.85. The second-order valence-corrected chi connectivity index (χ2v) is 2.61. The third kappa shape index (κ3) is 3.19. The fraction of sp³-hybridized carbons (Fsp3) is 0.714. The van der Waals surface area contributed by atoms with Crippen molar-refractivity contribution in [3.05, 3.63) is 0 Å². The molecule has 0 heterocycles. The van der Waals surface area contributed by atoms with Crippen molar-refractivity contribution in [2.75, 3.05) is 6.61 Å². The van der Waals surface area contributed by atoms with E-state index in [9.17, 15) is 9.59 Å². The molecule has 0 aliphatic rings. The smallest absolute Gasteiger partial charge is 0.232 e. The lowest BCUT2D eigenvalue weighted by atomic mass is 10.0. The summed E-state index contributed by atoms with van der Waals surface area (Å²) >= 11 is 0. The van der Waals surface area contributed by atoms with Gasteiger partial charge in [0.2, 0.25) is 11.6 Å². The van der Waals surface area contributed by atoms with Gasteiger partial charge in [-0.1, -0.05) is 0 Å². The first-order valence-corrected chi connectivity index (χ1v) is 3.65. The fourth-order valence-corrected chi connectivity index (χ4v) is 0.612. The molecule has 0 aromatic rings. The largest absolute Gasteiger partial charge is 0.393 e. The Bertz CT molecular complexity index is 199. The molecule has 6 nitrogen and oxygen atoms in total. The second-order valence-electron chi connectivity index (χ2n) is 2.61. The molecule has 0 radical (unpaired) electrons. The molecule has 0 spiro atoms. The fourth-order valence-electron chi connectivity index (χ4n) is 0.612. The Balaban J connectivity index is 4.34. The molecule has 0 fully saturated rings. The summed E-state index contributed by atoms with van der Waals surface area (Å²) in [7, 11) is 0. The van der Waals surface area contributed by atoms with E-state index in [4.69, 9.17) is 20.4 Å². The molecule has 0 aromatic carbocycles. The van der Waals surface area contributed by atoms with Crippen LogP contribution in [0.5, 0.6) is 0 Å².